The number of rotatable bonds is 9. The Hall–Kier alpha value is -2.94. The minimum atomic E-state index is -3.80. The van der Waals surface area contributed by atoms with Gasteiger partial charge in [-0.05, 0) is 63.4 Å². The van der Waals surface area contributed by atoms with E-state index in [0.717, 1.165) is 16.1 Å². The first-order chi connectivity index (χ1) is 15.7. The number of carbonyl (C=O) groups is 2. The summed E-state index contributed by atoms with van der Waals surface area (Å²) in [5, 5.41) is 2.86. The molecule has 0 aliphatic carbocycles. The lowest BCUT2D eigenvalue weighted by molar-refractivity contribution is -0.140. The van der Waals surface area contributed by atoms with Crippen LogP contribution in [-0.4, -0.2) is 49.5 Å². The molecule has 0 bridgehead atoms. The van der Waals surface area contributed by atoms with Crippen molar-refractivity contribution in [1.29, 1.82) is 0 Å². The van der Waals surface area contributed by atoms with E-state index in [4.69, 9.17) is 0 Å². The number of carbonyl (C=O) groups excluding carboxylic acids is 2. The van der Waals surface area contributed by atoms with Crippen LogP contribution < -0.4 is 9.62 Å². The van der Waals surface area contributed by atoms with Crippen molar-refractivity contribution in [1.82, 2.24) is 10.2 Å². The predicted octanol–water partition coefficient (Wildman–Crippen LogP) is 3.49. The van der Waals surface area contributed by atoms with Gasteiger partial charge in [0.25, 0.3) is 0 Å². The van der Waals surface area contributed by atoms with Crippen molar-refractivity contribution in [2.24, 2.45) is 0 Å². The Bertz CT molecular complexity index is 1110. The number of hydrogen-bond acceptors (Lipinski definition) is 4. The zero-order valence-corrected chi connectivity index (χ0v) is 21.4. The second kappa shape index (κ2) is 11.0. The highest BCUT2D eigenvalue weighted by Crippen LogP contribution is 2.24. The van der Waals surface area contributed by atoms with Crippen molar-refractivity contribution in [2.75, 3.05) is 17.1 Å². The average Bonchev–Trinajstić information content (AvgIpc) is 2.74. The first-order valence-corrected chi connectivity index (χ1v) is 13.0. The zero-order valence-electron chi connectivity index (χ0n) is 20.6. The maximum atomic E-state index is 13.5. The summed E-state index contributed by atoms with van der Waals surface area (Å²) in [6.07, 6.45) is 1.63. The summed E-state index contributed by atoms with van der Waals surface area (Å²) in [5.74, 6) is -1.33. The number of aryl methyl sites for hydroxylation is 1. The van der Waals surface area contributed by atoms with Crippen LogP contribution in [0.1, 0.15) is 45.7 Å². The van der Waals surface area contributed by atoms with Crippen LogP contribution in [0.2, 0.25) is 0 Å². The van der Waals surface area contributed by atoms with Gasteiger partial charge in [0.1, 0.15) is 18.4 Å². The normalized spacial score (nSPS) is 12.7. The van der Waals surface area contributed by atoms with Crippen LogP contribution in [0.15, 0.2) is 48.5 Å². The second-order valence-electron chi connectivity index (χ2n) is 9.32. The number of anilines is 1. The number of nitrogens with one attached hydrogen (secondary N) is 1. The van der Waals surface area contributed by atoms with Gasteiger partial charge in [-0.1, -0.05) is 37.3 Å². The SMILES string of the molecule is CCc1ccccc1N(CC(=O)N(Cc1ccc(F)cc1)[C@@H](C)C(=O)NC(C)(C)C)S(C)(=O)=O. The number of sulfonamides is 1. The van der Waals surface area contributed by atoms with Crippen LogP contribution in [0.25, 0.3) is 0 Å². The molecule has 0 heterocycles. The summed E-state index contributed by atoms with van der Waals surface area (Å²) in [5.41, 5.74) is 1.30. The lowest BCUT2D eigenvalue weighted by Crippen LogP contribution is -2.54. The summed E-state index contributed by atoms with van der Waals surface area (Å²) in [6, 6.07) is 11.7. The highest BCUT2D eigenvalue weighted by atomic mass is 32.2. The Kier molecular flexibility index (Phi) is 8.83. The van der Waals surface area contributed by atoms with Gasteiger partial charge < -0.3 is 10.2 Å². The Morgan fingerprint density at radius 2 is 1.65 bits per heavy atom. The van der Waals surface area contributed by atoms with E-state index in [2.05, 4.69) is 5.32 Å². The van der Waals surface area contributed by atoms with E-state index in [-0.39, 0.29) is 12.5 Å². The monoisotopic (exact) mass is 491 g/mol. The number of para-hydroxylation sites is 1. The Labute approximate surface area is 202 Å². The fraction of sp³-hybridized carbons (Fsp3) is 0.440. The second-order valence-corrected chi connectivity index (χ2v) is 11.2. The minimum Gasteiger partial charge on any atom is -0.350 e. The molecule has 9 heteroatoms. The molecule has 34 heavy (non-hydrogen) atoms. The molecule has 0 saturated carbocycles. The van der Waals surface area contributed by atoms with E-state index in [1.165, 1.54) is 29.2 Å². The topological polar surface area (TPSA) is 86.8 Å². The molecule has 0 unspecified atom stereocenters. The van der Waals surface area contributed by atoms with Gasteiger partial charge >= 0.3 is 0 Å². The van der Waals surface area contributed by atoms with Crippen molar-refractivity contribution in [3.05, 3.63) is 65.5 Å². The van der Waals surface area contributed by atoms with Crippen LogP contribution in [-0.2, 0) is 32.6 Å². The van der Waals surface area contributed by atoms with Crippen LogP contribution in [0.3, 0.4) is 0 Å². The molecule has 186 valence electrons. The summed E-state index contributed by atoms with van der Waals surface area (Å²) in [6.45, 7) is 8.54. The molecule has 2 aromatic rings. The largest absolute Gasteiger partial charge is 0.350 e. The summed E-state index contributed by atoms with van der Waals surface area (Å²) in [7, 11) is -3.80. The van der Waals surface area contributed by atoms with Crippen molar-refractivity contribution in [3.63, 3.8) is 0 Å². The maximum absolute atomic E-state index is 13.5. The van der Waals surface area contributed by atoms with Crippen molar-refractivity contribution >= 4 is 27.5 Å². The molecule has 0 spiro atoms. The average molecular weight is 492 g/mol. The predicted molar refractivity (Wildman–Crippen MR) is 132 cm³/mol. The van der Waals surface area contributed by atoms with E-state index >= 15 is 0 Å². The number of halogens is 1. The molecule has 1 N–H and O–H groups in total. The Morgan fingerprint density at radius 3 is 2.18 bits per heavy atom. The minimum absolute atomic E-state index is 0.0187. The molecule has 0 fully saturated rings. The standard InChI is InChI=1S/C25H34FN3O4S/c1-7-20-10-8-9-11-22(20)29(34(6,32)33)17-23(30)28(16-19-12-14-21(26)15-13-19)18(2)24(31)27-25(3,4)5/h8-15,18H,7,16-17H2,1-6H3,(H,27,31)/t18-/m0/s1. The zero-order chi connectivity index (χ0) is 25.7. The number of nitrogens with zero attached hydrogens (tertiary/aromatic N) is 2. The lowest BCUT2D eigenvalue weighted by Gasteiger charge is -2.33. The van der Waals surface area contributed by atoms with E-state index in [0.29, 0.717) is 17.7 Å². The van der Waals surface area contributed by atoms with Gasteiger partial charge in [0.2, 0.25) is 21.8 Å². The molecule has 1 atom stereocenters. The fourth-order valence-corrected chi connectivity index (χ4v) is 4.37. The summed E-state index contributed by atoms with van der Waals surface area (Å²) in [4.78, 5) is 27.7. The van der Waals surface area contributed by atoms with Gasteiger partial charge in [-0.3, -0.25) is 13.9 Å². The van der Waals surface area contributed by atoms with Crippen LogP contribution in [0.5, 0.6) is 0 Å². The molecular weight excluding hydrogens is 457 g/mol. The van der Waals surface area contributed by atoms with Gasteiger partial charge in [-0.15, -0.1) is 0 Å². The van der Waals surface area contributed by atoms with Gasteiger partial charge in [-0.25, -0.2) is 12.8 Å². The maximum Gasteiger partial charge on any atom is 0.244 e. The lowest BCUT2D eigenvalue weighted by atomic mass is 10.1. The van der Waals surface area contributed by atoms with E-state index < -0.39 is 39.9 Å². The molecule has 0 aliphatic rings. The van der Waals surface area contributed by atoms with Gasteiger partial charge in [-0.2, -0.15) is 0 Å². The number of benzene rings is 2. The Balaban J connectivity index is 2.43. The molecule has 2 aromatic carbocycles. The molecule has 0 radical (unpaired) electrons. The molecule has 7 nitrogen and oxygen atoms in total. The Morgan fingerprint density at radius 1 is 1.06 bits per heavy atom. The van der Waals surface area contributed by atoms with Gasteiger partial charge in [0, 0.05) is 12.1 Å². The third kappa shape index (κ3) is 7.55. The summed E-state index contributed by atoms with van der Waals surface area (Å²) >= 11 is 0. The van der Waals surface area contributed by atoms with Crippen molar-refractivity contribution in [3.8, 4) is 0 Å². The number of hydrogen-bond donors (Lipinski definition) is 1. The smallest absolute Gasteiger partial charge is 0.244 e. The van der Waals surface area contributed by atoms with Gasteiger partial charge in [0.15, 0.2) is 0 Å². The van der Waals surface area contributed by atoms with Crippen LogP contribution in [0.4, 0.5) is 10.1 Å². The molecule has 2 rings (SSSR count). The van der Waals surface area contributed by atoms with Crippen molar-refractivity contribution in [2.45, 2.75) is 59.2 Å². The first-order valence-electron chi connectivity index (χ1n) is 11.1. The first kappa shape index (κ1) is 27.3. The molecule has 2 amide bonds. The summed E-state index contributed by atoms with van der Waals surface area (Å²) < 4.78 is 39.8. The molecule has 0 saturated heterocycles. The van der Waals surface area contributed by atoms with E-state index in [9.17, 15) is 22.4 Å². The molecular formula is C25H34FN3O4S. The van der Waals surface area contributed by atoms with Gasteiger partial charge in [0.05, 0.1) is 11.9 Å². The third-order valence-corrected chi connectivity index (χ3v) is 6.38. The van der Waals surface area contributed by atoms with Crippen LogP contribution >= 0.6 is 0 Å². The molecule has 0 aliphatic heterocycles. The van der Waals surface area contributed by atoms with E-state index in [1.807, 2.05) is 39.8 Å². The number of amides is 2. The quantitative estimate of drug-likeness (QED) is 0.582. The van der Waals surface area contributed by atoms with Crippen molar-refractivity contribution < 1.29 is 22.4 Å². The fourth-order valence-electron chi connectivity index (χ4n) is 3.49. The highest BCUT2D eigenvalue weighted by Gasteiger charge is 2.31. The van der Waals surface area contributed by atoms with Crippen LogP contribution in [0, 0.1) is 5.82 Å². The third-order valence-electron chi connectivity index (χ3n) is 5.25. The molecule has 0 aromatic heterocycles. The highest BCUT2D eigenvalue weighted by molar-refractivity contribution is 7.92. The van der Waals surface area contributed by atoms with E-state index in [1.54, 1.807) is 19.1 Å².